The van der Waals surface area contributed by atoms with Gasteiger partial charge >= 0.3 is 0 Å². The third-order valence-corrected chi connectivity index (χ3v) is 5.04. The quantitative estimate of drug-likeness (QED) is 0.318. The fraction of sp³-hybridized carbons (Fsp3) is 0.107. The molecule has 0 unspecified atom stereocenters. The summed E-state index contributed by atoms with van der Waals surface area (Å²) in [4.78, 5) is 12.8. The lowest BCUT2D eigenvalue weighted by Gasteiger charge is -2.09. The molecule has 0 saturated heterocycles. The molecule has 31 heavy (non-hydrogen) atoms. The molecule has 0 aliphatic heterocycles. The lowest BCUT2D eigenvalue weighted by atomic mass is 9.94. The van der Waals surface area contributed by atoms with Crippen LogP contribution in [0.2, 0.25) is 0 Å². The van der Waals surface area contributed by atoms with Crippen molar-refractivity contribution in [1.29, 1.82) is 0 Å². The van der Waals surface area contributed by atoms with Crippen LogP contribution >= 0.6 is 0 Å². The highest BCUT2D eigenvalue weighted by molar-refractivity contribution is 6.10. The van der Waals surface area contributed by atoms with E-state index < -0.39 is 11.6 Å². The van der Waals surface area contributed by atoms with Crippen LogP contribution in [0.5, 0.6) is 0 Å². The number of carbonyl (C=O) groups excluding carboxylic acids is 1. The van der Waals surface area contributed by atoms with Gasteiger partial charge in [0.15, 0.2) is 5.78 Å². The van der Waals surface area contributed by atoms with Crippen LogP contribution in [0.1, 0.15) is 32.6 Å². The van der Waals surface area contributed by atoms with E-state index in [1.165, 1.54) is 12.1 Å². The summed E-state index contributed by atoms with van der Waals surface area (Å²) in [6.07, 6.45) is 0. The van der Waals surface area contributed by atoms with Crippen LogP contribution in [-0.2, 0) is 0 Å². The van der Waals surface area contributed by atoms with Crippen molar-refractivity contribution in [2.45, 2.75) is 20.8 Å². The van der Waals surface area contributed by atoms with Crippen LogP contribution in [-0.4, -0.2) is 5.78 Å². The Kier molecular flexibility index (Phi) is 7.09. The van der Waals surface area contributed by atoms with E-state index in [2.05, 4.69) is 18.2 Å². The van der Waals surface area contributed by atoms with Crippen LogP contribution in [0.25, 0.3) is 11.1 Å². The maximum absolute atomic E-state index is 12.8. The van der Waals surface area contributed by atoms with Crippen molar-refractivity contribution in [3.63, 3.8) is 0 Å². The second-order valence-electron chi connectivity index (χ2n) is 7.48. The Morgan fingerprint density at radius 2 is 1.29 bits per heavy atom. The van der Waals surface area contributed by atoms with Gasteiger partial charge in [0.2, 0.25) is 0 Å². The fourth-order valence-corrected chi connectivity index (χ4v) is 3.10. The molecule has 0 aliphatic rings. The molecule has 0 heterocycles. The molecule has 0 bridgehead atoms. The second kappa shape index (κ2) is 9.94. The number of halogens is 2. The molecule has 4 aromatic rings. The topological polar surface area (TPSA) is 17.1 Å². The first-order chi connectivity index (χ1) is 14.8. The number of ketones is 1. The molecule has 4 rings (SSSR count). The third-order valence-electron chi connectivity index (χ3n) is 5.04. The Morgan fingerprint density at radius 3 is 1.90 bits per heavy atom. The molecule has 0 fully saturated rings. The standard InChI is InChI=1S/C21H18O.C7H6F2/c1-15-8-11-18(12-9-15)21(22)20-14-19(13-10-16(20)2)17-6-4-3-5-7-17;1-5-2-3-6(8)4-7(5)9/h3-14H,1-2H3;2-4H,1H3. The number of carbonyl (C=O) groups is 1. The van der Waals surface area contributed by atoms with Crippen molar-refractivity contribution in [1.82, 2.24) is 0 Å². The normalized spacial score (nSPS) is 10.2. The second-order valence-corrected chi connectivity index (χ2v) is 7.48. The number of aryl methyl sites for hydroxylation is 3. The Bertz CT molecular complexity index is 1180. The molecule has 1 nitrogen and oxygen atoms in total. The van der Waals surface area contributed by atoms with Gasteiger partial charge in [-0.05, 0) is 55.2 Å². The van der Waals surface area contributed by atoms with Gasteiger partial charge in [-0.2, -0.15) is 0 Å². The highest BCUT2D eigenvalue weighted by Crippen LogP contribution is 2.24. The van der Waals surface area contributed by atoms with Gasteiger partial charge in [0.25, 0.3) is 0 Å². The van der Waals surface area contributed by atoms with Crippen LogP contribution in [0.15, 0.2) is 91.0 Å². The van der Waals surface area contributed by atoms with Crippen LogP contribution in [0, 0.1) is 32.4 Å². The monoisotopic (exact) mass is 414 g/mol. The molecule has 0 spiro atoms. The van der Waals surface area contributed by atoms with E-state index in [-0.39, 0.29) is 5.78 Å². The zero-order valence-electron chi connectivity index (χ0n) is 17.8. The van der Waals surface area contributed by atoms with Crippen LogP contribution < -0.4 is 0 Å². The van der Waals surface area contributed by atoms with E-state index in [1.54, 1.807) is 6.92 Å². The molecule has 0 radical (unpaired) electrons. The average Bonchev–Trinajstić information content (AvgIpc) is 2.78. The zero-order chi connectivity index (χ0) is 22.4. The van der Waals surface area contributed by atoms with Gasteiger partial charge in [-0.25, -0.2) is 8.78 Å². The Hall–Kier alpha value is -3.59. The summed E-state index contributed by atoms with van der Waals surface area (Å²) >= 11 is 0. The third kappa shape index (κ3) is 5.73. The van der Waals surface area contributed by atoms with Gasteiger partial charge in [-0.1, -0.05) is 78.4 Å². The van der Waals surface area contributed by atoms with E-state index in [1.807, 2.05) is 68.4 Å². The van der Waals surface area contributed by atoms with Gasteiger partial charge < -0.3 is 0 Å². The van der Waals surface area contributed by atoms with Crippen molar-refractivity contribution in [2.75, 3.05) is 0 Å². The van der Waals surface area contributed by atoms with Gasteiger partial charge in [-0.15, -0.1) is 0 Å². The minimum absolute atomic E-state index is 0.0790. The summed E-state index contributed by atoms with van der Waals surface area (Å²) in [5, 5.41) is 0. The lowest BCUT2D eigenvalue weighted by Crippen LogP contribution is -2.04. The minimum atomic E-state index is -0.530. The maximum Gasteiger partial charge on any atom is 0.193 e. The van der Waals surface area contributed by atoms with Crippen molar-refractivity contribution in [3.05, 3.63) is 130 Å². The van der Waals surface area contributed by atoms with Gasteiger partial charge in [0.1, 0.15) is 11.6 Å². The summed E-state index contributed by atoms with van der Waals surface area (Å²) in [5.74, 6) is -0.941. The highest BCUT2D eigenvalue weighted by atomic mass is 19.1. The van der Waals surface area contributed by atoms with E-state index in [0.717, 1.165) is 39.4 Å². The predicted octanol–water partition coefficient (Wildman–Crippen LogP) is 7.47. The number of hydrogen-bond donors (Lipinski definition) is 0. The smallest absolute Gasteiger partial charge is 0.193 e. The maximum atomic E-state index is 12.8. The first-order valence-corrected chi connectivity index (χ1v) is 10.0. The molecule has 0 atom stereocenters. The summed E-state index contributed by atoms with van der Waals surface area (Å²) in [6.45, 7) is 5.60. The van der Waals surface area contributed by atoms with Crippen molar-refractivity contribution in [2.24, 2.45) is 0 Å². The Balaban J connectivity index is 0.000000254. The molecular formula is C28H24F2O. The average molecular weight is 414 g/mol. The SMILES string of the molecule is Cc1ccc(C(=O)c2cc(-c3ccccc3)ccc2C)cc1.Cc1ccc(F)cc1F. The van der Waals surface area contributed by atoms with E-state index in [9.17, 15) is 13.6 Å². The summed E-state index contributed by atoms with van der Waals surface area (Å²) in [7, 11) is 0. The Labute approximate surface area is 182 Å². The van der Waals surface area contributed by atoms with E-state index in [4.69, 9.17) is 0 Å². The Morgan fingerprint density at radius 1 is 0.645 bits per heavy atom. The molecule has 0 aromatic heterocycles. The van der Waals surface area contributed by atoms with E-state index in [0.29, 0.717) is 5.56 Å². The predicted molar refractivity (Wildman–Crippen MR) is 122 cm³/mol. The molecule has 0 amide bonds. The highest BCUT2D eigenvalue weighted by Gasteiger charge is 2.13. The summed E-state index contributed by atoms with van der Waals surface area (Å²) in [5.41, 5.74) is 6.33. The van der Waals surface area contributed by atoms with Gasteiger partial charge in [0.05, 0.1) is 0 Å². The van der Waals surface area contributed by atoms with Crippen molar-refractivity contribution < 1.29 is 13.6 Å². The summed E-state index contributed by atoms with van der Waals surface area (Å²) < 4.78 is 24.4. The molecule has 4 aromatic carbocycles. The molecular weight excluding hydrogens is 390 g/mol. The van der Waals surface area contributed by atoms with Crippen molar-refractivity contribution >= 4 is 5.78 Å². The molecule has 0 saturated carbocycles. The largest absolute Gasteiger partial charge is 0.289 e. The van der Waals surface area contributed by atoms with Gasteiger partial charge in [0, 0.05) is 17.2 Å². The van der Waals surface area contributed by atoms with Crippen LogP contribution in [0.3, 0.4) is 0 Å². The zero-order valence-corrected chi connectivity index (χ0v) is 17.8. The number of hydrogen-bond acceptors (Lipinski definition) is 1. The molecule has 156 valence electrons. The molecule has 3 heteroatoms. The van der Waals surface area contributed by atoms with Crippen molar-refractivity contribution in [3.8, 4) is 11.1 Å². The number of benzene rings is 4. The molecule has 0 aliphatic carbocycles. The number of rotatable bonds is 3. The molecule has 0 N–H and O–H groups in total. The van der Waals surface area contributed by atoms with Crippen LogP contribution in [0.4, 0.5) is 8.78 Å². The minimum Gasteiger partial charge on any atom is -0.289 e. The van der Waals surface area contributed by atoms with Gasteiger partial charge in [-0.3, -0.25) is 4.79 Å². The van der Waals surface area contributed by atoms with E-state index >= 15 is 0 Å². The first-order valence-electron chi connectivity index (χ1n) is 10.0. The lowest BCUT2D eigenvalue weighted by molar-refractivity contribution is 0.103. The fourth-order valence-electron chi connectivity index (χ4n) is 3.10. The first kappa shape index (κ1) is 22.1. The summed E-state index contributed by atoms with van der Waals surface area (Å²) in [6, 6.07) is 27.5.